The van der Waals surface area contributed by atoms with Gasteiger partial charge in [-0.25, -0.2) is 9.97 Å². The summed E-state index contributed by atoms with van der Waals surface area (Å²) in [4.78, 5) is 19.5. The second-order valence-electron chi connectivity index (χ2n) is 4.75. The molecule has 2 aromatic rings. The smallest absolute Gasteiger partial charge is 0.313 e. The number of thioether (sulfide) groups is 1. The second-order valence-corrected chi connectivity index (χ2v) is 6.75. The Bertz CT molecular complexity index is 605. The van der Waals surface area contributed by atoms with Gasteiger partial charge in [-0.05, 0) is 12.8 Å². The van der Waals surface area contributed by atoms with Crippen LogP contribution in [0.5, 0.6) is 0 Å². The van der Waals surface area contributed by atoms with Gasteiger partial charge in [0, 0.05) is 17.3 Å². The molecule has 5 nitrogen and oxygen atoms in total. The molecule has 2 aromatic heterocycles. The number of carbonyl (C=O) groups is 1. The van der Waals surface area contributed by atoms with Crippen molar-refractivity contribution < 1.29 is 9.90 Å². The first-order valence-electron chi connectivity index (χ1n) is 6.28. The van der Waals surface area contributed by atoms with Crippen LogP contribution in [0, 0.1) is 6.92 Å². The van der Waals surface area contributed by atoms with E-state index in [0.29, 0.717) is 12.5 Å². The third-order valence-electron chi connectivity index (χ3n) is 2.75. The fraction of sp³-hybridized carbons (Fsp3) is 0.462. The summed E-state index contributed by atoms with van der Waals surface area (Å²) >= 11 is 2.87. The van der Waals surface area contributed by atoms with Gasteiger partial charge in [-0.15, -0.1) is 11.3 Å². The number of hydrogen-bond acceptors (Lipinski definition) is 5. The van der Waals surface area contributed by atoms with Crippen molar-refractivity contribution in [2.45, 2.75) is 38.4 Å². The molecule has 0 radical (unpaired) electrons. The molecule has 0 aliphatic rings. The third-order valence-corrected chi connectivity index (χ3v) is 4.55. The van der Waals surface area contributed by atoms with Gasteiger partial charge in [-0.1, -0.05) is 25.6 Å². The van der Waals surface area contributed by atoms with Crippen LogP contribution in [0.3, 0.4) is 0 Å². The van der Waals surface area contributed by atoms with Crippen LogP contribution in [0.15, 0.2) is 16.7 Å². The van der Waals surface area contributed by atoms with E-state index in [-0.39, 0.29) is 5.75 Å². The Morgan fingerprint density at radius 3 is 2.85 bits per heavy atom. The molecule has 0 spiro atoms. The fourth-order valence-electron chi connectivity index (χ4n) is 1.88. The molecule has 0 aliphatic heterocycles. The lowest BCUT2D eigenvalue weighted by Crippen LogP contribution is -2.09. The molecule has 0 unspecified atom stereocenters. The van der Waals surface area contributed by atoms with E-state index in [1.165, 1.54) is 11.8 Å². The van der Waals surface area contributed by atoms with Gasteiger partial charge in [0.2, 0.25) is 0 Å². The van der Waals surface area contributed by atoms with Crippen LogP contribution in [0.25, 0.3) is 0 Å². The number of aliphatic carboxylic acids is 1. The first-order chi connectivity index (χ1) is 9.47. The van der Waals surface area contributed by atoms with Crippen molar-refractivity contribution in [3.8, 4) is 0 Å². The molecule has 0 saturated carbocycles. The van der Waals surface area contributed by atoms with Crippen molar-refractivity contribution in [2.24, 2.45) is 0 Å². The Kier molecular flexibility index (Phi) is 4.82. The van der Waals surface area contributed by atoms with Crippen molar-refractivity contribution in [2.75, 3.05) is 5.75 Å². The van der Waals surface area contributed by atoms with E-state index in [0.717, 1.165) is 21.6 Å². The Labute approximate surface area is 126 Å². The number of nitrogens with zero attached hydrogens (tertiary/aromatic N) is 3. The lowest BCUT2D eigenvalue weighted by atomic mass is 10.1. The molecule has 0 aliphatic carbocycles. The maximum absolute atomic E-state index is 10.7. The van der Waals surface area contributed by atoms with E-state index >= 15 is 0 Å². The van der Waals surface area contributed by atoms with Crippen LogP contribution in [-0.2, 0) is 11.3 Å². The summed E-state index contributed by atoms with van der Waals surface area (Å²) in [7, 11) is 0. The van der Waals surface area contributed by atoms with Gasteiger partial charge in [0.25, 0.3) is 0 Å². The Hall–Kier alpha value is -1.34. The normalized spacial score (nSPS) is 11.2. The quantitative estimate of drug-likeness (QED) is 0.831. The van der Waals surface area contributed by atoms with Gasteiger partial charge in [0.15, 0.2) is 5.16 Å². The molecular weight excluding hydrogens is 294 g/mol. The van der Waals surface area contributed by atoms with Crippen molar-refractivity contribution in [1.82, 2.24) is 14.5 Å². The number of thiazole rings is 1. The maximum atomic E-state index is 10.7. The SMILES string of the molecule is Cc1nc(Cn2c(C(C)C)cnc2SCC(=O)O)cs1. The minimum Gasteiger partial charge on any atom is -0.481 e. The van der Waals surface area contributed by atoms with E-state index < -0.39 is 5.97 Å². The Morgan fingerprint density at radius 2 is 2.30 bits per heavy atom. The predicted molar refractivity (Wildman–Crippen MR) is 80.6 cm³/mol. The van der Waals surface area contributed by atoms with Gasteiger partial charge < -0.3 is 9.67 Å². The third kappa shape index (κ3) is 3.61. The highest BCUT2D eigenvalue weighted by Crippen LogP contribution is 2.24. The van der Waals surface area contributed by atoms with Gasteiger partial charge in [0.1, 0.15) is 0 Å². The first-order valence-corrected chi connectivity index (χ1v) is 8.15. The summed E-state index contributed by atoms with van der Waals surface area (Å²) in [5, 5.41) is 12.6. The van der Waals surface area contributed by atoms with Gasteiger partial charge in [-0.3, -0.25) is 4.79 Å². The number of rotatable bonds is 6. The van der Waals surface area contributed by atoms with E-state index in [2.05, 4.69) is 28.4 Å². The molecule has 108 valence electrons. The lowest BCUT2D eigenvalue weighted by molar-refractivity contribution is -0.133. The molecule has 0 atom stereocenters. The van der Waals surface area contributed by atoms with Crippen LogP contribution in [0.4, 0.5) is 0 Å². The predicted octanol–water partition coefficient (Wildman–Crippen LogP) is 3.00. The van der Waals surface area contributed by atoms with Crippen LogP contribution in [-0.4, -0.2) is 31.4 Å². The summed E-state index contributed by atoms with van der Waals surface area (Å²) in [6.45, 7) is 6.82. The van der Waals surface area contributed by atoms with E-state index in [1.807, 2.05) is 18.5 Å². The van der Waals surface area contributed by atoms with Crippen LogP contribution < -0.4 is 0 Å². The zero-order valence-electron chi connectivity index (χ0n) is 11.7. The summed E-state index contributed by atoms with van der Waals surface area (Å²) in [5.74, 6) is -0.480. The van der Waals surface area contributed by atoms with Crippen molar-refractivity contribution in [3.63, 3.8) is 0 Å². The Morgan fingerprint density at radius 1 is 1.55 bits per heavy atom. The summed E-state index contributed by atoms with van der Waals surface area (Å²) in [6, 6.07) is 0. The standard InChI is InChI=1S/C13H17N3O2S2/c1-8(2)11-4-14-13(20-7-12(17)18)16(11)5-10-6-19-9(3)15-10/h4,6,8H,5,7H2,1-3H3,(H,17,18). The molecule has 0 fully saturated rings. The number of hydrogen-bond donors (Lipinski definition) is 1. The minimum atomic E-state index is -0.833. The fourth-order valence-corrected chi connectivity index (χ4v) is 3.18. The molecule has 2 rings (SSSR count). The second kappa shape index (κ2) is 6.41. The van der Waals surface area contributed by atoms with E-state index in [4.69, 9.17) is 5.11 Å². The highest BCUT2D eigenvalue weighted by molar-refractivity contribution is 7.99. The zero-order chi connectivity index (χ0) is 14.7. The number of imidazole rings is 1. The molecule has 1 N–H and O–H groups in total. The number of aryl methyl sites for hydroxylation is 1. The van der Waals surface area contributed by atoms with Crippen LogP contribution in [0.1, 0.15) is 36.2 Å². The molecule has 0 aromatic carbocycles. The van der Waals surface area contributed by atoms with Crippen LogP contribution in [0.2, 0.25) is 0 Å². The number of carboxylic acids is 1. The topological polar surface area (TPSA) is 68.0 Å². The Balaban J connectivity index is 2.26. The van der Waals surface area contributed by atoms with Crippen molar-refractivity contribution in [1.29, 1.82) is 0 Å². The summed E-state index contributed by atoms with van der Waals surface area (Å²) in [5.41, 5.74) is 2.09. The lowest BCUT2D eigenvalue weighted by Gasteiger charge is -2.12. The molecule has 7 heteroatoms. The molecule has 0 saturated heterocycles. The van der Waals surface area contributed by atoms with Gasteiger partial charge in [0.05, 0.1) is 23.0 Å². The van der Waals surface area contributed by atoms with Crippen molar-refractivity contribution >= 4 is 29.1 Å². The monoisotopic (exact) mass is 311 g/mol. The minimum absolute atomic E-state index is 0.0185. The summed E-state index contributed by atoms with van der Waals surface area (Å²) < 4.78 is 2.06. The average molecular weight is 311 g/mol. The van der Waals surface area contributed by atoms with Crippen molar-refractivity contribution in [3.05, 3.63) is 28.0 Å². The van der Waals surface area contributed by atoms with Gasteiger partial charge in [-0.2, -0.15) is 0 Å². The maximum Gasteiger partial charge on any atom is 0.313 e. The molecule has 2 heterocycles. The zero-order valence-corrected chi connectivity index (χ0v) is 13.3. The number of carboxylic acid groups (broad SMARTS) is 1. The molecule has 0 amide bonds. The first kappa shape index (κ1) is 15.1. The summed E-state index contributed by atoms with van der Waals surface area (Å²) in [6.07, 6.45) is 1.83. The molecular formula is C13H17N3O2S2. The molecule has 0 bridgehead atoms. The highest BCUT2D eigenvalue weighted by atomic mass is 32.2. The average Bonchev–Trinajstić information content (AvgIpc) is 2.94. The molecule has 20 heavy (non-hydrogen) atoms. The van der Waals surface area contributed by atoms with Crippen LogP contribution >= 0.6 is 23.1 Å². The highest BCUT2D eigenvalue weighted by Gasteiger charge is 2.15. The van der Waals surface area contributed by atoms with E-state index in [1.54, 1.807) is 11.3 Å². The largest absolute Gasteiger partial charge is 0.481 e. The van der Waals surface area contributed by atoms with Gasteiger partial charge >= 0.3 is 5.97 Å². The number of aromatic nitrogens is 3. The van der Waals surface area contributed by atoms with E-state index in [9.17, 15) is 4.79 Å².